The van der Waals surface area contributed by atoms with Gasteiger partial charge in [0.05, 0.1) is 31.9 Å². The first-order chi connectivity index (χ1) is 12.0. The number of benzene rings is 2. The minimum Gasteiger partial charge on any atom is -0.302 e. The number of aryl methyl sites for hydroxylation is 3. The summed E-state index contributed by atoms with van der Waals surface area (Å²) >= 11 is 3.18. The summed E-state index contributed by atoms with van der Waals surface area (Å²) in [4.78, 5) is 21.5. The minimum absolute atomic E-state index is 0.0375. The third-order valence-corrected chi connectivity index (χ3v) is 6.26. The predicted octanol–water partition coefficient (Wildman–Crippen LogP) is 5.01. The van der Waals surface area contributed by atoms with Crippen molar-refractivity contribution < 1.29 is 4.79 Å². The summed E-state index contributed by atoms with van der Waals surface area (Å²) < 4.78 is 2.23. The van der Waals surface area contributed by atoms with Crippen molar-refractivity contribution in [1.29, 1.82) is 0 Å². The first-order valence-electron chi connectivity index (χ1n) is 8.02. The number of amides is 1. The highest BCUT2D eigenvalue weighted by Gasteiger charge is 2.13. The van der Waals surface area contributed by atoms with Crippen molar-refractivity contribution in [2.24, 2.45) is 0 Å². The number of hydrogen-bond acceptors (Lipinski definition) is 5. The van der Waals surface area contributed by atoms with Gasteiger partial charge in [0.1, 0.15) is 0 Å². The van der Waals surface area contributed by atoms with Gasteiger partial charge in [0.15, 0.2) is 5.13 Å². The molecule has 0 radical (unpaired) electrons. The minimum atomic E-state index is -0.0375. The van der Waals surface area contributed by atoms with Crippen LogP contribution in [0, 0.1) is 20.8 Å². The van der Waals surface area contributed by atoms with Crippen molar-refractivity contribution in [3.05, 3.63) is 52.0 Å². The lowest BCUT2D eigenvalue weighted by Crippen LogP contribution is -2.14. The van der Waals surface area contributed by atoms with Gasteiger partial charge in [-0.1, -0.05) is 35.1 Å². The lowest BCUT2D eigenvalue weighted by atomic mass is 10.0. The highest BCUT2D eigenvalue weighted by Crippen LogP contribution is 2.35. The summed E-state index contributed by atoms with van der Waals surface area (Å²) in [6, 6.07) is 10.1. The number of nitrogens with one attached hydrogen (secondary N) is 1. The molecule has 0 bridgehead atoms. The van der Waals surface area contributed by atoms with E-state index in [1.54, 1.807) is 11.3 Å². The van der Waals surface area contributed by atoms with Gasteiger partial charge in [-0.15, -0.1) is 11.3 Å². The zero-order valence-corrected chi connectivity index (χ0v) is 15.8. The topological polar surface area (TPSA) is 54.9 Å². The van der Waals surface area contributed by atoms with Gasteiger partial charge in [0.25, 0.3) is 0 Å². The summed E-state index contributed by atoms with van der Waals surface area (Å²) in [5, 5.41) is 4.63. The van der Waals surface area contributed by atoms with Crippen LogP contribution in [-0.4, -0.2) is 15.9 Å². The second-order valence-corrected chi connectivity index (χ2v) is 8.37. The molecular formula is C19H17N3OS2. The Morgan fingerprint density at radius 2 is 1.72 bits per heavy atom. The molecule has 4 nitrogen and oxygen atoms in total. The fraction of sp³-hybridized carbons (Fsp3) is 0.211. The Balaban J connectivity index is 1.60. The van der Waals surface area contributed by atoms with Crippen LogP contribution in [0.2, 0.25) is 0 Å². The SMILES string of the molecule is Cc1ccc(C)c(CC(=O)Nc2nc3ccc4nc(C)sc4c3s2)c1. The molecule has 6 heteroatoms. The zero-order chi connectivity index (χ0) is 17.6. The number of hydrogen-bond donors (Lipinski definition) is 1. The molecule has 2 aromatic heterocycles. The molecule has 0 saturated carbocycles. The van der Waals surface area contributed by atoms with Crippen LogP contribution in [0.5, 0.6) is 0 Å². The summed E-state index contributed by atoms with van der Waals surface area (Å²) in [6.07, 6.45) is 0.360. The number of rotatable bonds is 3. The number of aromatic nitrogens is 2. The maximum absolute atomic E-state index is 12.4. The third kappa shape index (κ3) is 3.15. The average Bonchev–Trinajstić information content (AvgIpc) is 3.12. The number of nitrogens with zero attached hydrogens (tertiary/aromatic N) is 2. The average molecular weight is 367 g/mol. The summed E-state index contributed by atoms with van der Waals surface area (Å²) in [6.45, 7) is 6.07. The highest BCUT2D eigenvalue weighted by atomic mass is 32.1. The molecule has 2 heterocycles. The first kappa shape index (κ1) is 16.2. The monoisotopic (exact) mass is 367 g/mol. The smallest absolute Gasteiger partial charge is 0.230 e. The molecule has 0 spiro atoms. The van der Waals surface area contributed by atoms with Crippen molar-refractivity contribution in [2.75, 3.05) is 5.32 Å². The number of carbonyl (C=O) groups excluding carboxylic acids is 1. The first-order valence-corrected chi connectivity index (χ1v) is 9.65. The van der Waals surface area contributed by atoms with Crippen LogP contribution in [0.1, 0.15) is 21.7 Å². The molecule has 4 rings (SSSR count). The van der Waals surface area contributed by atoms with E-state index >= 15 is 0 Å². The molecule has 0 saturated heterocycles. The number of thiazole rings is 2. The second-order valence-electron chi connectivity index (χ2n) is 6.17. The van der Waals surface area contributed by atoms with E-state index in [2.05, 4.69) is 33.5 Å². The van der Waals surface area contributed by atoms with Crippen molar-refractivity contribution in [1.82, 2.24) is 9.97 Å². The Morgan fingerprint density at radius 1 is 1.00 bits per heavy atom. The van der Waals surface area contributed by atoms with E-state index in [4.69, 9.17) is 0 Å². The van der Waals surface area contributed by atoms with Crippen LogP contribution in [-0.2, 0) is 11.2 Å². The van der Waals surface area contributed by atoms with E-state index in [9.17, 15) is 4.79 Å². The lowest BCUT2D eigenvalue weighted by molar-refractivity contribution is -0.115. The van der Waals surface area contributed by atoms with E-state index in [1.807, 2.05) is 32.9 Å². The maximum Gasteiger partial charge on any atom is 0.230 e. The van der Waals surface area contributed by atoms with Crippen LogP contribution < -0.4 is 5.32 Å². The molecule has 126 valence electrons. The molecule has 25 heavy (non-hydrogen) atoms. The van der Waals surface area contributed by atoms with Gasteiger partial charge in [-0.2, -0.15) is 0 Å². The molecule has 0 aliphatic carbocycles. The van der Waals surface area contributed by atoms with E-state index < -0.39 is 0 Å². The number of anilines is 1. The van der Waals surface area contributed by atoms with Crippen LogP contribution >= 0.6 is 22.7 Å². The number of fused-ring (bicyclic) bond motifs is 3. The summed E-state index contributed by atoms with van der Waals surface area (Å²) in [5.74, 6) is -0.0375. The molecule has 1 amide bonds. The van der Waals surface area contributed by atoms with Crippen LogP contribution in [0.3, 0.4) is 0 Å². The van der Waals surface area contributed by atoms with E-state index in [-0.39, 0.29) is 5.91 Å². The van der Waals surface area contributed by atoms with Crippen molar-refractivity contribution >= 4 is 54.1 Å². The quantitative estimate of drug-likeness (QED) is 0.553. The van der Waals surface area contributed by atoms with Gasteiger partial charge in [-0.05, 0) is 44.0 Å². The van der Waals surface area contributed by atoms with E-state index in [0.717, 1.165) is 42.1 Å². The van der Waals surface area contributed by atoms with Crippen LogP contribution in [0.25, 0.3) is 20.4 Å². The molecule has 0 aliphatic heterocycles. The third-order valence-electron chi connectivity index (χ3n) is 4.12. The lowest BCUT2D eigenvalue weighted by Gasteiger charge is -2.06. The molecular weight excluding hydrogens is 350 g/mol. The van der Waals surface area contributed by atoms with Gasteiger partial charge in [-0.3, -0.25) is 4.79 Å². The van der Waals surface area contributed by atoms with Crippen LogP contribution in [0.15, 0.2) is 30.3 Å². The Labute approximate surface area is 153 Å². The maximum atomic E-state index is 12.4. The van der Waals surface area contributed by atoms with Crippen molar-refractivity contribution in [3.63, 3.8) is 0 Å². The van der Waals surface area contributed by atoms with Gasteiger partial charge in [0.2, 0.25) is 5.91 Å². The normalized spacial score (nSPS) is 11.3. The van der Waals surface area contributed by atoms with E-state index in [0.29, 0.717) is 11.6 Å². The fourth-order valence-electron chi connectivity index (χ4n) is 2.86. The molecule has 1 N–H and O–H groups in total. The molecule has 0 fully saturated rings. The Kier molecular flexibility index (Phi) is 4.01. The van der Waals surface area contributed by atoms with Gasteiger partial charge >= 0.3 is 0 Å². The fourth-order valence-corrected chi connectivity index (χ4v) is 4.89. The van der Waals surface area contributed by atoms with Crippen molar-refractivity contribution in [3.8, 4) is 0 Å². The largest absolute Gasteiger partial charge is 0.302 e. The second kappa shape index (κ2) is 6.20. The highest BCUT2D eigenvalue weighted by molar-refractivity contribution is 7.28. The van der Waals surface area contributed by atoms with Gasteiger partial charge in [-0.25, -0.2) is 9.97 Å². The Bertz CT molecular complexity index is 1110. The zero-order valence-electron chi connectivity index (χ0n) is 14.2. The van der Waals surface area contributed by atoms with Gasteiger partial charge in [0, 0.05) is 0 Å². The Hall–Kier alpha value is -2.31. The van der Waals surface area contributed by atoms with Gasteiger partial charge < -0.3 is 5.32 Å². The van der Waals surface area contributed by atoms with Crippen LogP contribution in [0.4, 0.5) is 5.13 Å². The molecule has 4 aromatic rings. The molecule has 0 unspecified atom stereocenters. The predicted molar refractivity (Wildman–Crippen MR) is 106 cm³/mol. The molecule has 0 atom stereocenters. The molecule has 0 aliphatic rings. The number of carbonyl (C=O) groups is 1. The summed E-state index contributed by atoms with van der Waals surface area (Å²) in [5.41, 5.74) is 5.25. The summed E-state index contributed by atoms with van der Waals surface area (Å²) in [7, 11) is 0. The Morgan fingerprint density at radius 3 is 2.52 bits per heavy atom. The standard InChI is InChI=1S/C19H17N3OS2/c1-10-4-5-11(2)13(8-10)9-16(23)22-19-21-15-7-6-14-17(18(15)25-19)24-12(3)20-14/h4-8H,9H2,1-3H3,(H,21,22,23). The van der Waals surface area contributed by atoms with Crippen molar-refractivity contribution in [2.45, 2.75) is 27.2 Å². The van der Waals surface area contributed by atoms with E-state index in [1.165, 1.54) is 11.3 Å². The molecule has 2 aromatic carbocycles.